The molecular formula is C29H20O6. The van der Waals surface area contributed by atoms with Crippen molar-refractivity contribution in [1.29, 1.82) is 0 Å². The number of Topliss-reactive ketones (excluding diaryl/α,β-unsaturated/α-hetero) is 3. The Balaban J connectivity index is 1.80. The Bertz CT molecular complexity index is 1560. The van der Waals surface area contributed by atoms with E-state index in [1.807, 2.05) is 30.3 Å². The monoisotopic (exact) mass is 464 g/mol. The van der Waals surface area contributed by atoms with E-state index < -0.39 is 40.2 Å². The van der Waals surface area contributed by atoms with Crippen molar-refractivity contribution in [3.63, 3.8) is 0 Å². The van der Waals surface area contributed by atoms with Crippen LogP contribution in [0, 0.1) is 0 Å². The number of carbonyl (C=O) groups excluding carboxylic acids is 3. The van der Waals surface area contributed by atoms with E-state index in [1.165, 1.54) is 18.2 Å². The van der Waals surface area contributed by atoms with Crippen molar-refractivity contribution in [3.8, 4) is 17.2 Å². The molecule has 5 rings (SSSR count). The van der Waals surface area contributed by atoms with Gasteiger partial charge in [0.05, 0.1) is 11.1 Å². The van der Waals surface area contributed by atoms with Crippen molar-refractivity contribution in [1.82, 2.24) is 0 Å². The summed E-state index contributed by atoms with van der Waals surface area (Å²) in [5.74, 6) is -4.06. The van der Waals surface area contributed by atoms with Crippen LogP contribution < -0.4 is 0 Å². The number of carbonyl (C=O) groups is 3. The number of aromatic hydroxyl groups is 3. The topological polar surface area (TPSA) is 112 Å². The zero-order valence-electron chi connectivity index (χ0n) is 18.5. The number of rotatable bonds is 4. The maximum absolute atomic E-state index is 13.5. The fraction of sp³-hybridized carbons (Fsp3) is 0.0690. The number of hydrogen-bond donors (Lipinski definition) is 3. The number of hydrogen-bond acceptors (Lipinski definition) is 6. The lowest BCUT2D eigenvalue weighted by atomic mass is 9.79. The number of benzene rings is 4. The summed E-state index contributed by atoms with van der Waals surface area (Å²) in [6, 6.07) is 21.7. The van der Waals surface area contributed by atoms with Crippen LogP contribution in [0.15, 0.2) is 84.4 Å². The summed E-state index contributed by atoms with van der Waals surface area (Å²) in [5.41, 5.74) is 0.336. The van der Waals surface area contributed by atoms with Crippen LogP contribution in [0.1, 0.15) is 38.3 Å². The quantitative estimate of drug-likeness (QED) is 0.129. The second-order valence-corrected chi connectivity index (χ2v) is 8.34. The first-order valence-electron chi connectivity index (χ1n) is 11.1. The van der Waals surface area contributed by atoms with E-state index in [-0.39, 0.29) is 39.5 Å². The molecule has 0 aromatic heterocycles. The van der Waals surface area contributed by atoms with Crippen LogP contribution in [-0.4, -0.2) is 32.7 Å². The minimum Gasteiger partial charge on any atom is -0.507 e. The molecule has 0 heterocycles. The average Bonchev–Trinajstić information content (AvgIpc) is 2.89. The first-order chi connectivity index (χ1) is 16.9. The Labute approximate surface area is 200 Å². The van der Waals surface area contributed by atoms with Gasteiger partial charge in [0.15, 0.2) is 17.3 Å². The van der Waals surface area contributed by atoms with E-state index in [0.717, 1.165) is 5.56 Å². The van der Waals surface area contributed by atoms with Crippen LogP contribution in [-0.2, 0) is 11.2 Å². The van der Waals surface area contributed by atoms with Crippen molar-refractivity contribution < 1.29 is 29.7 Å². The Morgan fingerprint density at radius 1 is 0.571 bits per heavy atom. The fourth-order valence-corrected chi connectivity index (χ4v) is 4.59. The van der Waals surface area contributed by atoms with Gasteiger partial charge >= 0.3 is 0 Å². The van der Waals surface area contributed by atoms with Gasteiger partial charge in [-0.25, -0.2) is 0 Å². The summed E-state index contributed by atoms with van der Waals surface area (Å²) in [6.07, 6.45) is 0.397. The van der Waals surface area contributed by atoms with Gasteiger partial charge in [0, 0.05) is 21.9 Å². The molecule has 0 aliphatic heterocycles. The Kier molecular flexibility index (Phi) is 5.41. The molecular weight excluding hydrogens is 444 g/mol. The van der Waals surface area contributed by atoms with Crippen molar-refractivity contribution in [2.45, 2.75) is 12.8 Å². The van der Waals surface area contributed by atoms with Crippen molar-refractivity contribution in [3.05, 3.63) is 107 Å². The van der Waals surface area contributed by atoms with E-state index in [1.54, 1.807) is 30.3 Å². The molecule has 0 fully saturated rings. The third kappa shape index (κ3) is 3.56. The maximum atomic E-state index is 13.5. The number of allylic oxidation sites excluding steroid dienone is 2. The Morgan fingerprint density at radius 2 is 1.11 bits per heavy atom. The highest BCUT2D eigenvalue weighted by Gasteiger charge is 2.39. The van der Waals surface area contributed by atoms with Crippen LogP contribution in [0.3, 0.4) is 0 Å². The average molecular weight is 464 g/mol. The van der Waals surface area contributed by atoms with E-state index in [0.29, 0.717) is 6.42 Å². The van der Waals surface area contributed by atoms with E-state index in [9.17, 15) is 29.7 Å². The van der Waals surface area contributed by atoms with Gasteiger partial charge < -0.3 is 15.3 Å². The molecule has 0 atom stereocenters. The molecule has 0 saturated heterocycles. The summed E-state index contributed by atoms with van der Waals surface area (Å²) in [6.45, 7) is 0. The lowest BCUT2D eigenvalue weighted by Gasteiger charge is -2.22. The summed E-state index contributed by atoms with van der Waals surface area (Å²) in [4.78, 5) is 39.7. The highest BCUT2D eigenvalue weighted by molar-refractivity contribution is 6.60. The van der Waals surface area contributed by atoms with Crippen LogP contribution in [0.4, 0.5) is 0 Å². The smallest absolute Gasteiger partial charge is 0.237 e. The molecule has 4 aromatic carbocycles. The third-order valence-corrected chi connectivity index (χ3v) is 6.32. The lowest BCUT2D eigenvalue weighted by Crippen LogP contribution is -2.31. The first-order valence-corrected chi connectivity index (χ1v) is 11.1. The molecule has 1 aliphatic rings. The highest BCUT2D eigenvalue weighted by atomic mass is 16.3. The van der Waals surface area contributed by atoms with Crippen molar-refractivity contribution >= 4 is 33.7 Å². The molecule has 172 valence electrons. The van der Waals surface area contributed by atoms with Crippen LogP contribution in [0.5, 0.6) is 17.2 Å². The standard InChI is InChI=1S/C29H20O6/c30-24-17-10-4-6-12-19(17)26(32)28(34)22(24)21(15-14-16-8-2-1-3-9-16)23-25(31)18-11-5-7-13-20(18)27(33)29(23)35/h1-13,30,32,34H,14-15H2/b23-21-. The number of phenols is 3. The zero-order valence-corrected chi connectivity index (χ0v) is 18.5. The van der Waals surface area contributed by atoms with E-state index in [2.05, 4.69) is 0 Å². The molecule has 0 saturated carbocycles. The molecule has 35 heavy (non-hydrogen) atoms. The summed E-state index contributed by atoms with van der Waals surface area (Å²) < 4.78 is 0. The molecule has 6 heteroatoms. The number of ketones is 3. The predicted octanol–water partition coefficient (Wildman–Crippen LogP) is 4.99. The molecule has 0 radical (unpaired) electrons. The molecule has 0 unspecified atom stereocenters. The summed E-state index contributed by atoms with van der Waals surface area (Å²) in [5, 5.41) is 33.3. The van der Waals surface area contributed by atoms with Gasteiger partial charge in [0.1, 0.15) is 5.75 Å². The highest BCUT2D eigenvalue weighted by Crippen LogP contribution is 2.49. The van der Waals surface area contributed by atoms with E-state index in [4.69, 9.17) is 0 Å². The minimum atomic E-state index is -1.01. The van der Waals surface area contributed by atoms with Crippen molar-refractivity contribution in [2.24, 2.45) is 0 Å². The maximum Gasteiger partial charge on any atom is 0.237 e. The minimum absolute atomic E-state index is 0.00255. The Hall–Kier alpha value is -4.71. The molecule has 1 aliphatic carbocycles. The van der Waals surface area contributed by atoms with Gasteiger partial charge in [-0.05, 0) is 24.0 Å². The van der Waals surface area contributed by atoms with Gasteiger partial charge in [-0.3, -0.25) is 14.4 Å². The Morgan fingerprint density at radius 3 is 1.77 bits per heavy atom. The first kappa shape index (κ1) is 22.1. The molecule has 0 amide bonds. The number of fused-ring (bicyclic) bond motifs is 2. The van der Waals surface area contributed by atoms with Gasteiger partial charge in [0.25, 0.3) is 0 Å². The van der Waals surface area contributed by atoms with Crippen LogP contribution >= 0.6 is 0 Å². The fourth-order valence-electron chi connectivity index (χ4n) is 4.59. The third-order valence-electron chi connectivity index (χ3n) is 6.32. The summed E-state index contributed by atoms with van der Waals surface area (Å²) in [7, 11) is 0. The van der Waals surface area contributed by atoms with Crippen LogP contribution in [0.2, 0.25) is 0 Å². The lowest BCUT2D eigenvalue weighted by molar-refractivity contribution is -0.111. The second-order valence-electron chi connectivity index (χ2n) is 8.34. The second kappa shape index (κ2) is 8.57. The zero-order chi connectivity index (χ0) is 24.7. The number of phenolic OH excluding ortho intramolecular Hbond substituents is 3. The van der Waals surface area contributed by atoms with Gasteiger partial charge in [0.2, 0.25) is 11.6 Å². The van der Waals surface area contributed by atoms with Gasteiger partial charge in [-0.15, -0.1) is 0 Å². The predicted molar refractivity (Wildman–Crippen MR) is 131 cm³/mol. The summed E-state index contributed by atoms with van der Waals surface area (Å²) >= 11 is 0. The molecule has 6 nitrogen and oxygen atoms in total. The molecule has 0 spiro atoms. The molecule has 3 N–H and O–H groups in total. The molecule has 4 aromatic rings. The SMILES string of the molecule is O=C1C(=O)c2ccccc2C(=O)/C1=C(\CCc1ccccc1)c1c(O)c(O)c2ccccc2c1O. The normalized spacial score (nSPS) is 14.8. The van der Waals surface area contributed by atoms with E-state index >= 15 is 0 Å². The van der Waals surface area contributed by atoms with Crippen LogP contribution in [0.25, 0.3) is 16.3 Å². The van der Waals surface area contributed by atoms with Gasteiger partial charge in [-0.2, -0.15) is 0 Å². The largest absolute Gasteiger partial charge is 0.507 e. The molecule has 0 bridgehead atoms. The number of aryl methyl sites for hydroxylation is 1. The van der Waals surface area contributed by atoms with Gasteiger partial charge in [-0.1, -0.05) is 78.9 Å². The van der Waals surface area contributed by atoms with Crippen molar-refractivity contribution in [2.75, 3.05) is 0 Å².